The van der Waals surface area contributed by atoms with Crippen LogP contribution in [-0.4, -0.2) is 28.6 Å². The molecule has 0 atom stereocenters. The predicted molar refractivity (Wildman–Crippen MR) is 67.7 cm³/mol. The van der Waals surface area contributed by atoms with Gasteiger partial charge in [0.05, 0.1) is 17.8 Å². The Morgan fingerprint density at radius 3 is 2.56 bits per heavy atom. The fourth-order valence-corrected chi connectivity index (χ4v) is 1.65. The number of hydrogen-bond acceptors (Lipinski definition) is 3. The van der Waals surface area contributed by atoms with E-state index in [0.29, 0.717) is 5.69 Å². The van der Waals surface area contributed by atoms with Gasteiger partial charge < -0.3 is 15.7 Å². The third kappa shape index (κ3) is 4.04. The minimum absolute atomic E-state index is 0.0958. The van der Waals surface area contributed by atoms with Gasteiger partial charge in [0, 0.05) is 12.2 Å². The van der Waals surface area contributed by atoms with Crippen molar-refractivity contribution < 1.29 is 14.7 Å². The molecule has 0 aliphatic carbocycles. The van der Waals surface area contributed by atoms with Gasteiger partial charge in [0.1, 0.15) is 0 Å². The van der Waals surface area contributed by atoms with Crippen molar-refractivity contribution in [2.75, 3.05) is 11.9 Å². The van der Waals surface area contributed by atoms with E-state index < -0.39 is 12.0 Å². The minimum atomic E-state index is -0.945. The summed E-state index contributed by atoms with van der Waals surface area (Å²) in [4.78, 5) is 26.1. The number of amides is 2. The summed E-state index contributed by atoms with van der Waals surface area (Å²) >= 11 is 0. The second kappa shape index (κ2) is 6.00. The fraction of sp³-hybridized carbons (Fsp3) is 0.417. The van der Waals surface area contributed by atoms with Crippen molar-refractivity contribution in [1.29, 1.82) is 0 Å². The first-order valence-corrected chi connectivity index (χ1v) is 5.61. The second-order valence-electron chi connectivity index (χ2n) is 4.07. The van der Waals surface area contributed by atoms with Crippen LogP contribution in [0.25, 0.3) is 0 Å². The molecule has 0 aliphatic rings. The highest BCUT2D eigenvalue weighted by Gasteiger charge is 2.09. The zero-order valence-corrected chi connectivity index (χ0v) is 10.7. The van der Waals surface area contributed by atoms with E-state index in [-0.39, 0.29) is 13.0 Å². The van der Waals surface area contributed by atoms with Crippen molar-refractivity contribution in [2.24, 2.45) is 0 Å². The number of aryl methyl sites for hydroxylation is 3. The Balaban J connectivity index is 2.62. The molecule has 6 heteroatoms. The SMILES string of the molecule is Cc1cc(C)c(NC(=O)NCCC(=O)O)c(C)n1. The average molecular weight is 251 g/mol. The van der Waals surface area contributed by atoms with Gasteiger partial charge in [-0.1, -0.05) is 0 Å². The molecular formula is C12H17N3O3. The third-order valence-electron chi connectivity index (χ3n) is 2.39. The van der Waals surface area contributed by atoms with Crippen LogP contribution in [-0.2, 0) is 4.79 Å². The topological polar surface area (TPSA) is 91.3 Å². The first-order valence-electron chi connectivity index (χ1n) is 5.61. The highest BCUT2D eigenvalue weighted by Crippen LogP contribution is 2.18. The number of nitrogens with zero attached hydrogens (tertiary/aromatic N) is 1. The van der Waals surface area contributed by atoms with Gasteiger partial charge in [-0.15, -0.1) is 0 Å². The summed E-state index contributed by atoms with van der Waals surface area (Å²) in [6.07, 6.45) is -0.0997. The van der Waals surface area contributed by atoms with E-state index in [1.54, 1.807) is 0 Å². The van der Waals surface area contributed by atoms with Gasteiger partial charge >= 0.3 is 12.0 Å². The molecule has 18 heavy (non-hydrogen) atoms. The largest absolute Gasteiger partial charge is 0.481 e. The molecule has 1 rings (SSSR count). The summed E-state index contributed by atoms with van der Waals surface area (Å²) in [7, 11) is 0. The maximum Gasteiger partial charge on any atom is 0.319 e. The van der Waals surface area contributed by atoms with Crippen LogP contribution in [0.3, 0.4) is 0 Å². The highest BCUT2D eigenvalue weighted by atomic mass is 16.4. The maximum absolute atomic E-state index is 11.5. The number of aliphatic carboxylic acids is 1. The van der Waals surface area contributed by atoms with E-state index in [1.807, 2.05) is 26.8 Å². The number of anilines is 1. The van der Waals surface area contributed by atoms with E-state index in [0.717, 1.165) is 17.0 Å². The predicted octanol–water partition coefficient (Wildman–Crippen LogP) is 1.60. The number of pyridine rings is 1. The van der Waals surface area contributed by atoms with Gasteiger partial charge in [-0.2, -0.15) is 0 Å². The zero-order chi connectivity index (χ0) is 13.7. The van der Waals surface area contributed by atoms with Gasteiger partial charge in [-0.05, 0) is 32.4 Å². The normalized spacial score (nSPS) is 9.94. The van der Waals surface area contributed by atoms with Crippen molar-refractivity contribution >= 4 is 17.7 Å². The summed E-state index contributed by atoms with van der Waals surface area (Å²) < 4.78 is 0. The first kappa shape index (κ1) is 14.0. The number of carboxylic acids is 1. The van der Waals surface area contributed by atoms with Gasteiger partial charge in [-0.25, -0.2) is 4.79 Å². The Morgan fingerprint density at radius 2 is 2.00 bits per heavy atom. The highest BCUT2D eigenvalue weighted by molar-refractivity contribution is 5.90. The summed E-state index contributed by atoms with van der Waals surface area (Å²) in [5.41, 5.74) is 3.21. The van der Waals surface area contributed by atoms with Gasteiger partial charge in [0.2, 0.25) is 0 Å². The number of carboxylic acid groups (broad SMARTS) is 1. The molecule has 0 unspecified atom stereocenters. The van der Waals surface area contributed by atoms with Crippen molar-refractivity contribution in [3.63, 3.8) is 0 Å². The molecule has 0 saturated heterocycles. The van der Waals surface area contributed by atoms with Crippen LogP contribution >= 0.6 is 0 Å². The molecule has 0 radical (unpaired) electrons. The quantitative estimate of drug-likeness (QED) is 0.758. The summed E-state index contributed by atoms with van der Waals surface area (Å²) in [5, 5.41) is 13.6. The lowest BCUT2D eigenvalue weighted by Gasteiger charge is -2.12. The Hall–Kier alpha value is -2.11. The van der Waals surface area contributed by atoms with Crippen molar-refractivity contribution in [3.05, 3.63) is 23.0 Å². The lowest BCUT2D eigenvalue weighted by Crippen LogP contribution is -2.31. The monoisotopic (exact) mass is 251 g/mol. The van der Waals surface area contributed by atoms with Gasteiger partial charge in [0.15, 0.2) is 0 Å². The Kier molecular flexibility index (Phi) is 4.65. The van der Waals surface area contributed by atoms with Crippen LogP contribution in [0.15, 0.2) is 6.07 Å². The summed E-state index contributed by atoms with van der Waals surface area (Å²) in [5.74, 6) is -0.945. The lowest BCUT2D eigenvalue weighted by molar-refractivity contribution is -0.136. The fourth-order valence-electron chi connectivity index (χ4n) is 1.65. The second-order valence-corrected chi connectivity index (χ2v) is 4.07. The summed E-state index contributed by atoms with van der Waals surface area (Å²) in [6.45, 7) is 5.68. The average Bonchev–Trinajstić information content (AvgIpc) is 2.22. The molecule has 3 N–H and O–H groups in total. The number of urea groups is 1. The molecule has 0 aliphatic heterocycles. The smallest absolute Gasteiger partial charge is 0.319 e. The number of aromatic nitrogens is 1. The van der Waals surface area contributed by atoms with Crippen LogP contribution in [0, 0.1) is 20.8 Å². The number of nitrogens with one attached hydrogen (secondary N) is 2. The molecule has 1 heterocycles. The molecule has 0 saturated carbocycles. The number of rotatable bonds is 4. The van der Waals surface area contributed by atoms with E-state index in [2.05, 4.69) is 15.6 Å². The standard InChI is InChI=1S/C12H17N3O3/c1-7-6-8(2)14-9(3)11(7)15-12(18)13-5-4-10(16)17/h6H,4-5H2,1-3H3,(H,16,17)(H2,13,15,18). The molecule has 0 aromatic carbocycles. The summed E-state index contributed by atoms with van der Waals surface area (Å²) in [6, 6.07) is 1.45. The molecule has 0 spiro atoms. The zero-order valence-electron chi connectivity index (χ0n) is 10.7. The molecule has 0 bridgehead atoms. The minimum Gasteiger partial charge on any atom is -0.481 e. The Morgan fingerprint density at radius 1 is 1.33 bits per heavy atom. The molecule has 0 fully saturated rings. The Bertz CT molecular complexity index is 449. The number of hydrogen-bond donors (Lipinski definition) is 3. The Labute approximate surface area is 105 Å². The van der Waals surface area contributed by atoms with Crippen LogP contribution in [0.4, 0.5) is 10.5 Å². The molecular weight excluding hydrogens is 234 g/mol. The van der Waals surface area contributed by atoms with E-state index in [4.69, 9.17) is 5.11 Å². The van der Waals surface area contributed by atoms with Crippen LogP contribution < -0.4 is 10.6 Å². The van der Waals surface area contributed by atoms with Crippen LogP contribution in [0.1, 0.15) is 23.4 Å². The van der Waals surface area contributed by atoms with Gasteiger partial charge in [-0.3, -0.25) is 9.78 Å². The molecule has 1 aromatic rings. The van der Waals surface area contributed by atoms with E-state index >= 15 is 0 Å². The van der Waals surface area contributed by atoms with Crippen LogP contribution in [0.2, 0.25) is 0 Å². The molecule has 6 nitrogen and oxygen atoms in total. The van der Waals surface area contributed by atoms with E-state index in [1.165, 1.54) is 0 Å². The van der Waals surface area contributed by atoms with E-state index in [9.17, 15) is 9.59 Å². The maximum atomic E-state index is 11.5. The number of carbonyl (C=O) groups is 2. The molecule has 1 aromatic heterocycles. The van der Waals surface area contributed by atoms with Crippen molar-refractivity contribution in [1.82, 2.24) is 10.3 Å². The first-order chi connectivity index (χ1) is 8.40. The molecule has 98 valence electrons. The third-order valence-corrected chi connectivity index (χ3v) is 2.39. The number of carbonyl (C=O) groups excluding carboxylic acids is 1. The van der Waals surface area contributed by atoms with Gasteiger partial charge in [0.25, 0.3) is 0 Å². The van der Waals surface area contributed by atoms with Crippen molar-refractivity contribution in [2.45, 2.75) is 27.2 Å². The lowest BCUT2D eigenvalue weighted by atomic mass is 10.1. The van der Waals surface area contributed by atoms with Crippen molar-refractivity contribution in [3.8, 4) is 0 Å². The molecule has 2 amide bonds. The van der Waals surface area contributed by atoms with Crippen LogP contribution in [0.5, 0.6) is 0 Å².